The molecular weight excluding hydrogens is 406 g/mol. The highest BCUT2D eigenvalue weighted by atomic mass is 32.2. The fourth-order valence-corrected chi connectivity index (χ4v) is 4.33. The zero-order chi connectivity index (χ0) is 20.5. The Morgan fingerprint density at radius 2 is 1.76 bits per heavy atom. The topological polar surface area (TPSA) is 73.3 Å². The van der Waals surface area contributed by atoms with Crippen LogP contribution in [0.1, 0.15) is 34.8 Å². The molecule has 0 atom stereocenters. The van der Waals surface area contributed by atoms with Gasteiger partial charge < -0.3 is 9.47 Å². The lowest BCUT2D eigenvalue weighted by molar-refractivity contribution is 0.102. The van der Waals surface area contributed by atoms with Gasteiger partial charge in [0.2, 0.25) is 5.13 Å². The van der Waals surface area contributed by atoms with E-state index >= 15 is 0 Å². The van der Waals surface area contributed by atoms with Crippen LogP contribution in [0.15, 0.2) is 48.5 Å². The van der Waals surface area contributed by atoms with Gasteiger partial charge in [-0.15, -0.1) is 22.0 Å². The van der Waals surface area contributed by atoms with Crippen LogP contribution in [0.25, 0.3) is 0 Å². The van der Waals surface area contributed by atoms with Crippen molar-refractivity contribution in [2.75, 3.05) is 18.5 Å². The number of nitrogens with zero attached hydrogens (tertiary/aromatic N) is 2. The number of carbonyl (C=O) groups is 1. The van der Waals surface area contributed by atoms with E-state index in [0.29, 0.717) is 35.4 Å². The van der Waals surface area contributed by atoms with Crippen LogP contribution in [0.5, 0.6) is 11.5 Å². The molecule has 0 saturated heterocycles. The van der Waals surface area contributed by atoms with E-state index in [4.69, 9.17) is 9.47 Å². The number of hydrogen-bond donors (Lipinski definition) is 1. The lowest BCUT2D eigenvalue weighted by Gasteiger charge is -2.12. The highest BCUT2D eigenvalue weighted by molar-refractivity contribution is 7.97. The molecule has 0 radical (unpaired) electrons. The smallest absolute Gasteiger partial charge is 0.257 e. The third kappa shape index (κ3) is 6.20. The van der Waals surface area contributed by atoms with Crippen molar-refractivity contribution in [1.29, 1.82) is 0 Å². The molecule has 6 nitrogen and oxygen atoms in total. The molecule has 0 aliphatic carbocycles. The second kappa shape index (κ2) is 10.8. The molecule has 2 aromatic carbocycles. The van der Waals surface area contributed by atoms with E-state index in [2.05, 4.69) is 27.6 Å². The Balaban J connectivity index is 1.57. The van der Waals surface area contributed by atoms with Crippen LogP contribution in [0.3, 0.4) is 0 Å². The molecule has 0 spiro atoms. The van der Waals surface area contributed by atoms with E-state index in [9.17, 15) is 4.79 Å². The van der Waals surface area contributed by atoms with Gasteiger partial charge in [-0.05, 0) is 37.6 Å². The number of aromatic nitrogens is 2. The minimum absolute atomic E-state index is 0.256. The Kier molecular flexibility index (Phi) is 7.89. The van der Waals surface area contributed by atoms with Crippen LogP contribution in [-0.4, -0.2) is 29.3 Å². The summed E-state index contributed by atoms with van der Waals surface area (Å²) >= 11 is 3.15. The molecule has 1 aromatic heterocycles. The highest BCUT2D eigenvalue weighted by Gasteiger charge is 2.14. The third-order valence-corrected chi connectivity index (χ3v) is 5.87. The standard InChI is InChI=1S/C21H23N3O3S2/c1-3-26-17-11-10-16(12-18(17)27-4-2)20(25)22-21-24-23-19(29-21)14-28-13-15-8-6-5-7-9-15/h5-12H,3-4,13-14H2,1-2H3,(H,22,24,25). The molecule has 1 heterocycles. The summed E-state index contributed by atoms with van der Waals surface area (Å²) in [6.07, 6.45) is 0. The average molecular weight is 430 g/mol. The predicted molar refractivity (Wildman–Crippen MR) is 118 cm³/mol. The van der Waals surface area contributed by atoms with Crippen molar-refractivity contribution in [3.05, 3.63) is 64.7 Å². The van der Waals surface area contributed by atoms with Crippen molar-refractivity contribution in [3.63, 3.8) is 0 Å². The lowest BCUT2D eigenvalue weighted by atomic mass is 10.2. The van der Waals surface area contributed by atoms with Crippen molar-refractivity contribution in [2.24, 2.45) is 0 Å². The number of benzene rings is 2. The molecule has 3 rings (SSSR count). The van der Waals surface area contributed by atoms with E-state index in [-0.39, 0.29) is 5.91 Å². The van der Waals surface area contributed by atoms with E-state index in [1.54, 1.807) is 30.0 Å². The Bertz CT molecular complexity index is 932. The van der Waals surface area contributed by atoms with Crippen molar-refractivity contribution >= 4 is 34.1 Å². The van der Waals surface area contributed by atoms with Crippen molar-refractivity contribution in [1.82, 2.24) is 10.2 Å². The monoisotopic (exact) mass is 429 g/mol. The lowest BCUT2D eigenvalue weighted by Crippen LogP contribution is -2.12. The summed E-state index contributed by atoms with van der Waals surface area (Å²) in [5, 5.41) is 12.4. The summed E-state index contributed by atoms with van der Waals surface area (Å²) in [6, 6.07) is 15.4. The Morgan fingerprint density at radius 1 is 1.00 bits per heavy atom. The van der Waals surface area contributed by atoms with E-state index in [1.807, 2.05) is 32.0 Å². The fraction of sp³-hybridized carbons (Fsp3) is 0.286. The quantitative estimate of drug-likeness (QED) is 0.488. The number of anilines is 1. The first-order valence-corrected chi connectivity index (χ1v) is 11.3. The number of amides is 1. The zero-order valence-electron chi connectivity index (χ0n) is 16.4. The molecule has 1 N–H and O–H groups in total. The van der Waals surface area contributed by atoms with Crippen LogP contribution in [0.4, 0.5) is 5.13 Å². The summed E-state index contributed by atoms with van der Waals surface area (Å²) in [4.78, 5) is 12.6. The van der Waals surface area contributed by atoms with Crippen LogP contribution in [0, 0.1) is 0 Å². The van der Waals surface area contributed by atoms with E-state index < -0.39 is 0 Å². The molecular formula is C21H23N3O3S2. The van der Waals surface area contributed by atoms with E-state index in [0.717, 1.165) is 16.5 Å². The highest BCUT2D eigenvalue weighted by Crippen LogP contribution is 2.29. The predicted octanol–water partition coefficient (Wildman–Crippen LogP) is 5.02. The molecule has 0 aliphatic heterocycles. The first kappa shape index (κ1) is 21.1. The van der Waals surface area contributed by atoms with Gasteiger partial charge in [-0.3, -0.25) is 10.1 Å². The maximum Gasteiger partial charge on any atom is 0.257 e. The summed E-state index contributed by atoms with van der Waals surface area (Å²) in [7, 11) is 0. The summed E-state index contributed by atoms with van der Waals surface area (Å²) < 4.78 is 11.1. The third-order valence-electron chi connectivity index (χ3n) is 3.83. The number of rotatable bonds is 10. The summed E-state index contributed by atoms with van der Waals surface area (Å²) in [5.41, 5.74) is 1.75. The Morgan fingerprint density at radius 3 is 2.52 bits per heavy atom. The molecule has 3 aromatic rings. The van der Waals surface area contributed by atoms with Gasteiger partial charge in [-0.1, -0.05) is 41.7 Å². The summed E-state index contributed by atoms with van der Waals surface area (Å²) in [5.74, 6) is 2.58. The number of carbonyl (C=O) groups excluding carboxylic acids is 1. The molecule has 0 bridgehead atoms. The summed E-state index contributed by atoms with van der Waals surface area (Å²) in [6.45, 7) is 4.82. The molecule has 1 amide bonds. The number of hydrogen-bond acceptors (Lipinski definition) is 7. The molecule has 8 heteroatoms. The van der Waals surface area contributed by atoms with E-state index in [1.165, 1.54) is 16.9 Å². The van der Waals surface area contributed by atoms with Gasteiger partial charge in [-0.25, -0.2) is 0 Å². The fourth-order valence-electron chi connectivity index (χ4n) is 2.55. The van der Waals surface area contributed by atoms with Gasteiger partial charge in [0.15, 0.2) is 11.5 Å². The molecule has 152 valence electrons. The largest absolute Gasteiger partial charge is 0.490 e. The molecule has 0 saturated carbocycles. The van der Waals surface area contributed by atoms with Crippen LogP contribution >= 0.6 is 23.1 Å². The number of thioether (sulfide) groups is 1. The number of ether oxygens (including phenoxy) is 2. The van der Waals surface area contributed by atoms with Crippen molar-refractivity contribution < 1.29 is 14.3 Å². The van der Waals surface area contributed by atoms with Gasteiger partial charge in [0.05, 0.1) is 13.2 Å². The van der Waals surface area contributed by atoms with Crippen molar-refractivity contribution in [3.8, 4) is 11.5 Å². The number of nitrogens with one attached hydrogen (secondary N) is 1. The van der Waals surface area contributed by atoms with Gasteiger partial charge in [0.25, 0.3) is 5.91 Å². The Hall–Kier alpha value is -2.58. The first-order chi connectivity index (χ1) is 14.2. The van der Waals surface area contributed by atoms with Gasteiger partial charge in [0.1, 0.15) is 5.01 Å². The zero-order valence-corrected chi connectivity index (χ0v) is 18.0. The molecule has 29 heavy (non-hydrogen) atoms. The minimum Gasteiger partial charge on any atom is -0.490 e. The van der Waals surface area contributed by atoms with Gasteiger partial charge >= 0.3 is 0 Å². The van der Waals surface area contributed by atoms with Crippen LogP contribution in [0.2, 0.25) is 0 Å². The van der Waals surface area contributed by atoms with Gasteiger partial charge in [-0.2, -0.15) is 0 Å². The molecule has 0 fully saturated rings. The van der Waals surface area contributed by atoms with Gasteiger partial charge in [0, 0.05) is 17.1 Å². The maximum atomic E-state index is 12.6. The second-order valence-corrected chi connectivity index (χ2v) is 8.01. The van der Waals surface area contributed by atoms with Crippen LogP contribution in [-0.2, 0) is 11.5 Å². The molecule has 0 aliphatic rings. The normalized spacial score (nSPS) is 10.6. The van der Waals surface area contributed by atoms with Crippen LogP contribution < -0.4 is 14.8 Å². The second-order valence-electron chi connectivity index (χ2n) is 5.96. The SMILES string of the molecule is CCOc1ccc(C(=O)Nc2nnc(CSCc3ccccc3)s2)cc1OCC. The average Bonchev–Trinajstić information content (AvgIpc) is 3.17. The Labute approximate surface area is 178 Å². The van der Waals surface area contributed by atoms with Crippen molar-refractivity contribution in [2.45, 2.75) is 25.4 Å². The minimum atomic E-state index is -0.256. The molecule has 0 unspecified atom stereocenters. The first-order valence-electron chi connectivity index (χ1n) is 9.34. The maximum absolute atomic E-state index is 12.6.